The van der Waals surface area contributed by atoms with E-state index in [2.05, 4.69) is 76.7 Å². The van der Waals surface area contributed by atoms with Gasteiger partial charge in [0.2, 0.25) is 0 Å². The lowest BCUT2D eigenvalue weighted by Gasteiger charge is -2.18. The van der Waals surface area contributed by atoms with Crippen LogP contribution in [0.1, 0.15) is 88.4 Å². The Bertz CT molecular complexity index is 2260. The highest BCUT2D eigenvalue weighted by Gasteiger charge is 2.28. The van der Waals surface area contributed by atoms with Crippen LogP contribution in [0.3, 0.4) is 0 Å². The zero-order valence-corrected chi connectivity index (χ0v) is 31.7. The first-order chi connectivity index (χ1) is 22.2. The van der Waals surface area contributed by atoms with E-state index in [-0.39, 0.29) is 0 Å². The Hall–Kier alpha value is -2.52. The Morgan fingerprint density at radius 1 is 0.587 bits per heavy atom. The molecule has 0 aliphatic rings. The smallest absolute Gasteiger partial charge is 0.137 e. The third-order valence-electron chi connectivity index (χ3n) is 9.45. The normalized spacial score (nSPS) is 13.0. The molecule has 4 nitrogen and oxygen atoms in total. The number of aromatic nitrogens is 4. The molecule has 0 saturated carbocycles. The fraction of sp³-hybridized carbons (Fsp3) is 0.474. The topological polar surface area (TPSA) is 35.6 Å². The van der Waals surface area contributed by atoms with Crippen LogP contribution in [-0.2, 0) is 25.9 Å². The van der Waals surface area contributed by atoms with E-state index in [4.69, 9.17) is 9.97 Å². The Labute approximate surface area is 287 Å². The minimum absolute atomic E-state index is 0.540. The number of thiazole rings is 2. The van der Waals surface area contributed by atoms with Gasteiger partial charge >= 0.3 is 0 Å². The minimum atomic E-state index is 0.540. The van der Waals surface area contributed by atoms with E-state index in [9.17, 15) is 0 Å². The molecule has 0 saturated heterocycles. The predicted molar refractivity (Wildman–Crippen MR) is 208 cm³/mol. The van der Waals surface area contributed by atoms with Crippen molar-refractivity contribution in [1.82, 2.24) is 19.1 Å². The van der Waals surface area contributed by atoms with Crippen molar-refractivity contribution in [1.29, 1.82) is 0 Å². The van der Waals surface area contributed by atoms with E-state index in [0.29, 0.717) is 11.8 Å². The van der Waals surface area contributed by atoms with Crippen molar-refractivity contribution in [2.45, 2.75) is 107 Å². The number of benzene rings is 2. The number of rotatable bonds is 10. The summed E-state index contributed by atoms with van der Waals surface area (Å²) in [7, 11) is 0. The zero-order chi connectivity index (χ0) is 32.0. The van der Waals surface area contributed by atoms with Crippen molar-refractivity contribution in [3.63, 3.8) is 0 Å². The molecule has 0 bridgehead atoms. The van der Waals surface area contributed by atoms with Gasteiger partial charge in [-0.3, -0.25) is 0 Å². The number of hydrogen-bond acceptors (Lipinski definition) is 6. The van der Waals surface area contributed by atoms with Crippen LogP contribution in [0, 0.1) is 25.7 Å². The van der Waals surface area contributed by atoms with Crippen LogP contribution >= 0.6 is 45.3 Å². The number of fused-ring (bicyclic) bond motifs is 13. The molecule has 0 aliphatic heterocycles. The van der Waals surface area contributed by atoms with E-state index >= 15 is 0 Å². The highest BCUT2D eigenvalue weighted by molar-refractivity contribution is 7.33. The van der Waals surface area contributed by atoms with E-state index in [1.165, 1.54) is 119 Å². The first-order valence-corrected chi connectivity index (χ1v) is 20.5. The second kappa shape index (κ2) is 11.6. The Balaban J connectivity index is 1.63. The van der Waals surface area contributed by atoms with Gasteiger partial charge in [0.25, 0.3) is 0 Å². The van der Waals surface area contributed by atoms with Gasteiger partial charge in [0.05, 0.1) is 50.9 Å². The van der Waals surface area contributed by atoms with Gasteiger partial charge in [-0.1, -0.05) is 54.4 Å². The summed E-state index contributed by atoms with van der Waals surface area (Å²) in [4.78, 5) is 12.4. The molecule has 46 heavy (non-hydrogen) atoms. The molecule has 8 rings (SSSR count). The van der Waals surface area contributed by atoms with Gasteiger partial charge in [-0.05, 0) is 74.6 Å². The summed E-state index contributed by atoms with van der Waals surface area (Å²) in [5.41, 5.74) is 8.82. The number of aryl methyl sites for hydroxylation is 4. The molecule has 0 spiro atoms. The molecule has 0 amide bonds. The van der Waals surface area contributed by atoms with Gasteiger partial charge in [-0.15, -0.1) is 45.3 Å². The van der Waals surface area contributed by atoms with Gasteiger partial charge in [0, 0.05) is 34.6 Å². The first kappa shape index (κ1) is 30.8. The lowest BCUT2D eigenvalue weighted by Crippen LogP contribution is -2.06. The van der Waals surface area contributed by atoms with E-state index < -0.39 is 0 Å². The van der Waals surface area contributed by atoms with Gasteiger partial charge in [-0.25, -0.2) is 9.97 Å². The molecular formula is C38H44N4S4. The summed E-state index contributed by atoms with van der Waals surface area (Å²) >= 11 is 7.61. The fourth-order valence-corrected chi connectivity index (χ4v) is 12.6. The standard InChI is InChI=1S/C38H44N4S4/c1-9-11-13-23-15-25-26(29-27(23)33-31(41(29)17-19(3)4)35-37(45-33)39-21(7)43-35)16-24(14-12-10-2)28-30(25)42(18-20(5)6)32-34(28)46-38-36(32)44-22(8)40-38/h15-16,19-20H,9-14,17-18H2,1-8H3. The second-order valence-corrected chi connectivity index (χ2v) is 18.5. The van der Waals surface area contributed by atoms with Crippen molar-refractivity contribution in [3.8, 4) is 0 Å². The molecule has 0 atom stereocenters. The van der Waals surface area contributed by atoms with Crippen LogP contribution in [-0.4, -0.2) is 19.1 Å². The summed E-state index contributed by atoms with van der Waals surface area (Å²) in [6.45, 7) is 20.5. The van der Waals surface area contributed by atoms with Gasteiger partial charge in [-0.2, -0.15) is 0 Å². The van der Waals surface area contributed by atoms with Gasteiger partial charge < -0.3 is 9.13 Å². The summed E-state index contributed by atoms with van der Waals surface area (Å²) in [6.07, 6.45) is 7.02. The molecule has 0 aliphatic carbocycles. The lowest BCUT2D eigenvalue weighted by molar-refractivity contribution is 0.546. The largest absolute Gasteiger partial charge is 0.338 e. The van der Waals surface area contributed by atoms with Crippen molar-refractivity contribution >= 4 is 117 Å². The molecule has 2 aromatic carbocycles. The molecule has 0 radical (unpaired) electrons. The van der Waals surface area contributed by atoms with Crippen molar-refractivity contribution < 1.29 is 0 Å². The molecule has 0 fully saturated rings. The van der Waals surface area contributed by atoms with Crippen LogP contribution < -0.4 is 0 Å². The third kappa shape index (κ3) is 4.61. The summed E-state index contributed by atoms with van der Waals surface area (Å²) in [5, 5.41) is 8.21. The van der Waals surface area contributed by atoms with E-state index in [1.54, 1.807) is 0 Å². The average Bonchev–Trinajstić information content (AvgIpc) is 3.81. The zero-order valence-electron chi connectivity index (χ0n) is 28.4. The number of nitrogens with zero attached hydrogens (tertiary/aromatic N) is 4. The Morgan fingerprint density at radius 3 is 1.37 bits per heavy atom. The maximum atomic E-state index is 4.99. The number of thiophene rings is 2. The van der Waals surface area contributed by atoms with Crippen LogP contribution in [0.15, 0.2) is 12.1 Å². The van der Waals surface area contributed by atoms with E-state index in [1.807, 2.05) is 45.3 Å². The van der Waals surface area contributed by atoms with Crippen LogP contribution in [0.5, 0.6) is 0 Å². The SMILES string of the molecule is CCCCc1cc2c(cc(CCCC)c3c4sc5nc(C)sc5c4n(CC(C)C)c23)c2c1c1sc3nc(C)sc3c1n2CC(C)C. The summed E-state index contributed by atoms with van der Waals surface area (Å²) < 4.78 is 11.1. The predicted octanol–water partition coefficient (Wildman–Crippen LogP) is 13.0. The molecule has 8 heteroatoms. The Kier molecular flexibility index (Phi) is 7.74. The molecule has 8 aromatic rings. The first-order valence-electron chi connectivity index (χ1n) is 17.2. The molecule has 6 aromatic heterocycles. The third-order valence-corrected chi connectivity index (χ3v) is 13.8. The number of unbranched alkanes of at least 4 members (excludes halogenated alkanes) is 2. The average molecular weight is 685 g/mol. The van der Waals surface area contributed by atoms with Gasteiger partial charge in [0.1, 0.15) is 9.66 Å². The highest BCUT2D eigenvalue weighted by Crippen LogP contribution is 2.51. The minimum Gasteiger partial charge on any atom is -0.338 e. The van der Waals surface area contributed by atoms with Crippen LogP contribution in [0.25, 0.3) is 72.1 Å². The van der Waals surface area contributed by atoms with Crippen molar-refractivity contribution in [3.05, 3.63) is 33.3 Å². The Morgan fingerprint density at radius 2 is 1.00 bits per heavy atom. The molecule has 240 valence electrons. The quantitative estimate of drug-likeness (QED) is 0.144. The lowest BCUT2D eigenvalue weighted by atomic mass is 9.93. The van der Waals surface area contributed by atoms with Crippen molar-refractivity contribution in [2.24, 2.45) is 11.8 Å². The summed E-state index contributed by atoms with van der Waals surface area (Å²) in [5.74, 6) is 1.08. The highest BCUT2D eigenvalue weighted by atomic mass is 32.1. The van der Waals surface area contributed by atoms with Gasteiger partial charge in [0.15, 0.2) is 0 Å². The van der Waals surface area contributed by atoms with E-state index in [0.717, 1.165) is 25.9 Å². The summed E-state index contributed by atoms with van der Waals surface area (Å²) in [6, 6.07) is 5.25. The molecular weight excluding hydrogens is 641 g/mol. The van der Waals surface area contributed by atoms with Crippen LogP contribution in [0.4, 0.5) is 0 Å². The molecule has 0 N–H and O–H groups in total. The monoisotopic (exact) mass is 684 g/mol. The fourth-order valence-electron chi connectivity index (χ4n) is 7.71. The molecule has 0 unspecified atom stereocenters. The number of hydrogen-bond donors (Lipinski definition) is 0. The maximum Gasteiger partial charge on any atom is 0.137 e. The maximum absolute atomic E-state index is 4.99. The van der Waals surface area contributed by atoms with Crippen LogP contribution in [0.2, 0.25) is 0 Å². The molecule has 6 heterocycles. The second-order valence-electron chi connectivity index (χ2n) is 14.1. The van der Waals surface area contributed by atoms with Crippen molar-refractivity contribution in [2.75, 3.05) is 0 Å².